The van der Waals surface area contributed by atoms with Gasteiger partial charge in [0.2, 0.25) is 0 Å². The molecule has 0 fully saturated rings. The van der Waals surface area contributed by atoms with Crippen molar-refractivity contribution < 1.29 is 13.9 Å². The maximum Gasteiger partial charge on any atom is 0.171 e. The zero-order valence-corrected chi connectivity index (χ0v) is 11.7. The van der Waals surface area contributed by atoms with Crippen molar-refractivity contribution in [2.24, 2.45) is 5.73 Å². The van der Waals surface area contributed by atoms with Crippen molar-refractivity contribution in [3.8, 4) is 11.5 Å². The Morgan fingerprint density at radius 2 is 1.90 bits per heavy atom. The number of nitrogens with two attached hydrogens (primary N) is 1. The van der Waals surface area contributed by atoms with Crippen LogP contribution >= 0.6 is 0 Å². The highest BCUT2D eigenvalue weighted by Gasteiger charge is 2.10. The SMILES string of the molecule is COc1cccc(COc2ccc(C)cc2CN)c1F. The molecule has 0 aliphatic rings. The van der Waals surface area contributed by atoms with Crippen LogP contribution in [0.15, 0.2) is 36.4 Å². The average Bonchev–Trinajstić information content (AvgIpc) is 2.47. The van der Waals surface area contributed by atoms with Crippen LogP contribution in [-0.2, 0) is 13.2 Å². The predicted octanol–water partition coefficient (Wildman–Crippen LogP) is 3.18. The maximum absolute atomic E-state index is 14.0. The van der Waals surface area contributed by atoms with Crippen LogP contribution in [0.25, 0.3) is 0 Å². The molecule has 0 heterocycles. The number of hydrogen-bond donors (Lipinski definition) is 1. The van der Waals surface area contributed by atoms with E-state index in [2.05, 4.69) is 0 Å². The summed E-state index contributed by atoms with van der Waals surface area (Å²) in [6, 6.07) is 10.8. The summed E-state index contributed by atoms with van der Waals surface area (Å²) in [5.74, 6) is 0.505. The van der Waals surface area contributed by atoms with E-state index in [-0.39, 0.29) is 12.4 Å². The van der Waals surface area contributed by atoms with Gasteiger partial charge < -0.3 is 15.2 Å². The Balaban J connectivity index is 2.17. The lowest BCUT2D eigenvalue weighted by molar-refractivity contribution is 0.293. The average molecular weight is 275 g/mol. The molecule has 2 aromatic carbocycles. The summed E-state index contributed by atoms with van der Waals surface area (Å²) in [7, 11) is 1.44. The normalized spacial score (nSPS) is 10.4. The van der Waals surface area contributed by atoms with E-state index in [1.54, 1.807) is 18.2 Å². The van der Waals surface area contributed by atoms with Gasteiger partial charge in [-0.15, -0.1) is 0 Å². The van der Waals surface area contributed by atoms with Crippen molar-refractivity contribution >= 4 is 0 Å². The topological polar surface area (TPSA) is 44.5 Å². The minimum atomic E-state index is -0.392. The second-order valence-corrected chi connectivity index (χ2v) is 4.54. The van der Waals surface area contributed by atoms with Crippen LogP contribution < -0.4 is 15.2 Å². The standard InChI is InChI=1S/C16H18FNO2/c1-11-6-7-14(13(8-11)9-18)20-10-12-4-3-5-15(19-2)16(12)17/h3-8H,9-10,18H2,1-2H3. The zero-order valence-electron chi connectivity index (χ0n) is 11.7. The molecule has 0 saturated carbocycles. The largest absolute Gasteiger partial charge is 0.494 e. The van der Waals surface area contributed by atoms with Crippen LogP contribution in [0.5, 0.6) is 11.5 Å². The molecule has 0 aliphatic heterocycles. The second kappa shape index (κ2) is 6.39. The molecule has 0 aliphatic carbocycles. The molecule has 3 nitrogen and oxygen atoms in total. The Hall–Kier alpha value is -2.07. The first-order valence-electron chi connectivity index (χ1n) is 6.39. The molecular formula is C16H18FNO2. The third kappa shape index (κ3) is 3.08. The minimum Gasteiger partial charge on any atom is -0.494 e. The maximum atomic E-state index is 14.0. The van der Waals surface area contributed by atoms with Crippen LogP contribution in [0.3, 0.4) is 0 Å². The Kier molecular flexibility index (Phi) is 4.58. The molecule has 0 aromatic heterocycles. The van der Waals surface area contributed by atoms with E-state index < -0.39 is 5.82 Å². The first kappa shape index (κ1) is 14.3. The Morgan fingerprint density at radius 3 is 2.60 bits per heavy atom. The third-order valence-electron chi connectivity index (χ3n) is 3.08. The van der Waals surface area contributed by atoms with Crippen LogP contribution in [0.4, 0.5) is 4.39 Å². The summed E-state index contributed by atoms with van der Waals surface area (Å²) in [6.07, 6.45) is 0. The lowest BCUT2D eigenvalue weighted by Gasteiger charge is -2.12. The number of methoxy groups -OCH3 is 1. The number of aryl methyl sites for hydroxylation is 1. The summed E-state index contributed by atoms with van der Waals surface area (Å²) in [5.41, 5.74) is 8.17. The van der Waals surface area contributed by atoms with E-state index in [0.717, 1.165) is 11.1 Å². The number of hydrogen-bond acceptors (Lipinski definition) is 3. The zero-order chi connectivity index (χ0) is 14.5. The number of benzene rings is 2. The smallest absolute Gasteiger partial charge is 0.171 e. The van der Waals surface area contributed by atoms with E-state index >= 15 is 0 Å². The molecule has 4 heteroatoms. The quantitative estimate of drug-likeness (QED) is 0.911. The van der Waals surface area contributed by atoms with Crippen molar-refractivity contribution in [2.45, 2.75) is 20.1 Å². The van der Waals surface area contributed by atoms with Crippen LogP contribution in [0, 0.1) is 12.7 Å². The highest BCUT2D eigenvalue weighted by atomic mass is 19.1. The van der Waals surface area contributed by atoms with Gasteiger partial charge in [-0.1, -0.05) is 29.8 Å². The minimum absolute atomic E-state index is 0.138. The van der Waals surface area contributed by atoms with Crippen LogP contribution in [0.2, 0.25) is 0 Å². The molecule has 0 atom stereocenters. The molecule has 106 valence electrons. The van der Waals surface area contributed by atoms with Crippen LogP contribution in [-0.4, -0.2) is 7.11 Å². The van der Waals surface area contributed by atoms with E-state index in [9.17, 15) is 4.39 Å². The Labute approximate surface area is 118 Å². The van der Waals surface area contributed by atoms with Gasteiger partial charge in [0.15, 0.2) is 11.6 Å². The fraction of sp³-hybridized carbons (Fsp3) is 0.250. The van der Waals surface area contributed by atoms with Gasteiger partial charge in [0, 0.05) is 17.7 Å². The van der Waals surface area contributed by atoms with E-state index in [1.807, 2.05) is 25.1 Å². The Bertz CT molecular complexity index is 599. The van der Waals surface area contributed by atoms with Gasteiger partial charge in [-0.2, -0.15) is 0 Å². The second-order valence-electron chi connectivity index (χ2n) is 4.54. The summed E-state index contributed by atoms with van der Waals surface area (Å²) in [6.45, 7) is 2.52. The van der Waals surface area contributed by atoms with Gasteiger partial charge >= 0.3 is 0 Å². The summed E-state index contributed by atoms with van der Waals surface area (Å²) < 4.78 is 24.6. The highest BCUT2D eigenvalue weighted by molar-refractivity contribution is 5.37. The van der Waals surface area contributed by atoms with Gasteiger partial charge in [0.05, 0.1) is 7.11 Å². The van der Waals surface area contributed by atoms with Crippen LogP contribution in [0.1, 0.15) is 16.7 Å². The molecule has 0 spiro atoms. The number of halogens is 1. The number of ether oxygens (including phenoxy) is 2. The molecule has 20 heavy (non-hydrogen) atoms. The Morgan fingerprint density at radius 1 is 1.10 bits per heavy atom. The van der Waals surface area contributed by atoms with E-state index in [1.165, 1.54) is 7.11 Å². The van der Waals surface area contributed by atoms with Crippen molar-refractivity contribution in [1.29, 1.82) is 0 Å². The van der Waals surface area contributed by atoms with Gasteiger partial charge in [-0.3, -0.25) is 0 Å². The summed E-state index contributed by atoms with van der Waals surface area (Å²) in [4.78, 5) is 0. The highest BCUT2D eigenvalue weighted by Crippen LogP contribution is 2.24. The van der Waals surface area contributed by atoms with Gasteiger partial charge in [0.25, 0.3) is 0 Å². The predicted molar refractivity (Wildman–Crippen MR) is 76.4 cm³/mol. The molecule has 0 bridgehead atoms. The van der Waals surface area contributed by atoms with Crippen molar-refractivity contribution in [3.63, 3.8) is 0 Å². The lowest BCUT2D eigenvalue weighted by atomic mass is 10.1. The monoisotopic (exact) mass is 275 g/mol. The van der Waals surface area contributed by atoms with E-state index in [0.29, 0.717) is 17.9 Å². The molecule has 2 aromatic rings. The molecule has 2 rings (SSSR count). The van der Waals surface area contributed by atoms with Crippen molar-refractivity contribution in [2.75, 3.05) is 7.11 Å². The third-order valence-corrected chi connectivity index (χ3v) is 3.08. The molecule has 2 N–H and O–H groups in total. The van der Waals surface area contributed by atoms with Crippen molar-refractivity contribution in [3.05, 3.63) is 58.9 Å². The summed E-state index contributed by atoms with van der Waals surface area (Å²) >= 11 is 0. The molecule has 0 unspecified atom stereocenters. The van der Waals surface area contributed by atoms with E-state index in [4.69, 9.17) is 15.2 Å². The molecule has 0 saturated heterocycles. The first-order chi connectivity index (χ1) is 9.65. The molecule has 0 radical (unpaired) electrons. The first-order valence-corrected chi connectivity index (χ1v) is 6.39. The molecule has 0 amide bonds. The lowest BCUT2D eigenvalue weighted by Crippen LogP contribution is -2.04. The number of rotatable bonds is 5. The van der Waals surface area contributed by atoms with Gasteiger partial charge in [-0.25, -0.2) is 4.39 Å². The fourth-order valence-corrected chi connectivity index (χ4v) is 1.99. The van der Waals surface area contributed by atoms with Crippen molar-refractivity contribution in [1.82, 2.24) is 0 Å². The molecular weight excluding hydrogens is 257 g/mol. The summed E-state index contributed by atoms with van der Waals surface area (Å²) in [5, 5.41) is 0. The van der Waals surface area contributed by atoms with Gasteiger partial charge in [0.1, 0.15) is 12.4 Å². The fourth-order valence-electron chi connectivity index (χ4n) is 1.99. The van der Waals surface area contributed by atoms with Gasteiger partial charge in [-0.05, 0) is 19.1 Å².